The van der Waals surface area contributed by atoms with Crippen LogP contribution in [0.4, 0.5) is 0 Å². The molecule has 1 fully saturated rings. The molecular formula is C6H9NO3. The van der Waals surface area contributed by atoms with Crippen molar-refractivity contribution < 1.29 is 18.8 Å². The van der Waals surface area contributed by atoms with Crippen LogP contribution in [0, 0.1) is 0 Å². The lowest BCUT2D eigenvalue weighted by Crippen LogP contribution is -2.34. The van der Waals surface area contributed by atoms with Crippen molar-refractivity contribution in [2.24, 2.45) is 0 Å². The SMILES string of the molecule is [2H]C([2H])([2H])N1C(=O)CC[C@H]1C(=O)O. The summed E-state index contributed by atoms with van der Waals surface area (Å²) in [4.78, 5) is 22.1. The highest BCUT2D eigenvalue weighted by Gasteiger charge is 2.32. The Morgan fingerprint density at radius 3 is 3.10 bits per heavy atom. The number of carbonyl (C=O) groups excluding carboxylic acids is 1. The molecule has 0 saturated carbocycles. The van der Waals surface area contributed by atoms with Crippen LogP contribution < -0.4 is 0 Å². The molecule has 0 aromatic heterocycles. The molecule has 0 aromatic carbocycles. The van der Waals surface area contributed by atoms with Gasteiger partial charge in [0.25, 0.3) is 0 Å². The molecule has 4 nitrogen and oxygen atoms in total. The summed E-state index contributed by atoms with van der Waals surface area (Å²) in [6, 6.07) is -1.19. The average molecular weight is 146 g/mol. The van der Waals surface area contributed by atoms with E-state index in [-0.39, 0.29) is 12.8 Å². The summed E-state index contributed by atoms with van der Waals surface area (Å²) in [5, 5.41) is 8.62. The van der Waals surface area contributed by atoms with E-state index < -0.39 is 24.9 Å². The van der Waals surface area contributed by atoms with Crippen LogP contribution in [0.15, 0.2) is 0 Å². The molecule has 1 N–H and O–H groups in total. The fourth-order valence-electron chi connectivity index (χ4n) is 0.917. The molecule has 10 heavy (non-hydrogen) atoms. The normalized spacial score (nSPS) is 31.2. The van der Waals surface area contributed by atoms with E-state index in [1.165, 1.54) is 0 Å². The molecule has 0 unspecified atom stereocenters. The zero-order valence-corrected chi connectivity index (χ0v) is 5.20. The lowest BCUT2D eigenvalue weighted by Gasteiger charge is -2.14. The molecule has 0 spiro atoms. The Kier molecular flexibility index (Phi) is 0.903. The van der Waals surface area contributed by atoms with Crippen molar-refractivity contribution in [1.29, 1.82) is 0 Å². The maximum Gasteiger partial charge on any atom is 0.326 e. The van der Waals surface area contributed by atoms with Gasteiger partial charge < -0.3 is 10.0 Å². The average Bonchev–Trinajstić information content (AvgIpc) is 2.28. The van der Waals surface area contributed by atoms with Gasteiger partial charge in [0.05, 0.1) is 0 Å². The Balaban J connectivity index is 2.90. The third kappa shape index (κ3) is 0.964. The summed E-state index contributed by atoms with van der Waals surface area (Å²) >= 11 is 0. The largest absolute Gasteiger partial charge is 0.480 e. The second kappa shape index (κ2) is 2.28. The molecule has 0 aliphatic carbocycles. The minimum Gasteiger partial charge on any atom is -0.480 e. The fourth-order valence-corrected chi connectivity index (χ4v) is 0.917. The molecular weight excluding hydrogens is 134 g/mol. The summed E-state index contributed by atoms with van der Waals surface area (Å²) in [5.74, 6) is -1.88. The standard InChI is InChI=1S/C6H9NO3/c1-7-4(6(9)10)2-3-5(7)8/h4H,2-3H2,1H3,(H,9,10)/t4-/m0/s1/i1D3. The van der Waals surface area contributed by atoms with Crippen LogP contribution in [0.3, 0.4) is 0 Å². The quantitative estimate of drug-likeness (QED) is 0.552. The van der Waals surface area contributed by atoms with Gasteiger partial charge in [0, 0.05) is 17.5 Å². The molecule has 1 atom stereocenters. The van der Waals surface area contributed by atoms with Crippen molar-refractivity contribution in [3.63, 3.8) is 0 Å². The van der Waals surface area contributed by atoms with Gasteiger partial charge in [-0.05, 0) is 6.42 Å². The number of carboxylic acids is 1. The van der Waals surface area contributed by atoms with E-state index >= 15 is 0 Å². The third-order valence-electron chi connectivity index (χ3n) is 1.50. The Hall–Kier alpha value is -1.06. The van der Waals surface area contributed by atoms with Crippen LogP contribution in [-0.2, 0) is 9.59 Å². The summed E-state index contributed by atoms with van der Waals surface area (Å²) in [6.07, 6.45) is 0.0713. The molecule has 0 aromatic rings. The molecule has 1 aliphatic rings. The first-order valence-corrected chi connectivity index (χ1v) is 2.89. The number of likely N-dealkylation sites (tertiary alicyclic amines) is 1. The number of carboxylic acid groups (broad SMARTS) is 1. The van der Waals surface area contributed by atoms with Crippen molar-refractivity contribution in [3.05, 3.63) is 0 Å². The van der Waals surface area contributed by atoms with E-state index in [0.29, 0.717) is 4.90 Å². The van der Waals surface area contributed by atoms with Crippen LogP contribution >= 0.6 is 0 Å². The molecule has 0 radical (unpaired) electrons. The number of carbonyl (C=O) groups is 2. The van der Waals surface area contributed by atoms with Gasteiger partial charge in [0.1, 0.15) is 6.04 Å². The van der Waals surface area contributed by atoms with E-state index in [1.807, 2.05) is 0 Å². The van der Waals surface area contributed by atoms with Crippen LogP contribution in [-0.4, -0.2) is 34.9 Å². The highest BCUT2D eigenvalue weighted by molar-refractivity contribution is 5.87. The molecule has 0 bridgehead atoms. The maximum atomic E-state index is 11.0. The summed E-state index contributed by atoms with van der Waals surface area (Å²) in [7, 11) is 0. The first kappa shape index (κ1) is 3.95. The van der Waals surface area contributed by atoms with E-state index in [9.17, 15) is 9.59 Å². The van der Waals surface area contributed by atoms with Crippen molar-refractivity contribution in [1.82, 2.24) is 4.90 Å². The van der Waals surface area contributed by atoms with E-state index in [1.54, 1.807) is 0 Å². The van der Waals surface area contributed by atoms with Crippen molar-refractivity contribution in [3.8, 4) is 0 Å². The van der Waals surface area contributed by atoms with Gasteiger partial charge in [-0.2, -0.15) is 0 Å². The van der Waals surface area contributed by atoms with E-state index in [2.05, 4.69) is 0 Å². The summed E-state index contributed by atoms with van der Waals surface area (Å²) < 4.78 is 20.9. The maximum absolute atomic E-state index is 11.0. The minimum absolute atomic E-state index is 0.00461. The van der Waals surface area contributed by atoms with Gasteiger partial charge >= 0.3 is 5.97 Å². The number of hydrogen-bond acceptors (Lipinski definition) is 2. The Morgan fingerprint density at radius 1 is 2.00 bits per heavy atom. The molecule has 1 saturated heterocycles. The first-order chi connectivity index (χ1) is 5.84. The molecule has 1 amide bonds. The zero-order chi connectivity index (χ0) is 10.2. The van der Waals surface area contributed by atoms with Gasteiger partial charge in [0.2, 0.25) is 5.91 Å². The summed E-state index contributed by atoms with van der Waals surface area (Å²) in [6.45, 7) is -2.64. The third-order valence-corrected chi connectivity index (χ3v) is 1.50. The predicted molar refractivity (Wildman–Crippen MR) is 33.4 cm³/mol. The zero-order valence-electron chi connectivity index (χ0n) is 8.20. The van der Waals surface area contributed by atoms with Gasteiger partial charge in [-0.1, -0.05) is 0 Å². The van der Waals surface area contributed by atoms with Crippen molar-refractivity contribution in [2.45, 2.75) is 18.9 Å². The number of amides is 1. The number of hydrogen-bond donors (Lipinski definition) is 1. The highest BCUT2D eigenvalue weighted by Crippen LogP contribution is 2.15. The topological polar surface area (TPSA) is 57.6 Å². The van der Waals surface area contributed by atoms with Crippen LogP contribution in [0.1, 0.15) is 17.0 Å². The van der Waals surface area contributed by atoms with Gasteiger partial charge in [0.15, 0.2) is 0 Å². The van der Waals surface area contributed by atoms with Gasteiger partial charge in [-0.3, -0.25) is 4.79 Å². The Bertz CT molecular complexity index is 250. The first-order valence-electron chi connectivity index (χ1n) is 4.39. The molecule has 1 aliphatic heterocycles. The van der Waals surface area contributed by atoms with Gasteiger partial charge in [-0.15, -0.1) is 0 Å². The number of nitrogens with zero attached hydrogens (tertiary/aromatic N) is 1. The second-order valence-electron chi connectivity index (χ2n) is 2.16. The number of rotatable bonds is 1. The molecule has 56 valence electrons. The lowest BCUT2D eigenvalue weighted by molar-refractivity contribution is -0.145. The highest BCUT2D eigenvalue weighted by atomic mass is 16.4. The van der Waals surface area contributed by atoms with Crippen molar-refractivity contribution >= 4 is 11.9 Å². The Labute approximate surface area is 62.7 Å². The molecule has 1 rings (SSSR count). The Morgan fingerprint density at radius 2 is 2.70 bits per heavy atom. The van der Waals surface area contributed by atoms with E-state index in [4.69, 9.17) is 9.22 Å². The molecule has 1 heterocycles. The molecule has 4 heteroatoms. The fraction of sp³-hybridized carbons (Fsp3) is 0.667. The van der Waals surface area contributed by atoms with E-state index in [0.717, 1.165) is 0 Å². The lowest BCUT2D eigenvalue weighted by atomic mass is 10.2. The predicted octanol–water partition coefficient (Wildman–Crippen LogP) is -0.308. The number of aliphatic carboxylic acids is 1. The van der Waals surface area contributed by atoms with Crippen LogP contribution in [0.5, 0.6) is 0 Å². The summed E-state index contributed by atoms with van der Waals surface area (Å²) in [5.41, 5.74) is 0. The van der Waals surface area contributed by atoms with Crippen LogP contribution in [0.2, 0.25) is 0 Å². The second-order valence-corrected chi connectivity index (χ2v) is 2.16. The number of likely N-dealkylation sites (N-methyl/N-ethyl adjacent to an activating group) is 1. The smallest absolute Gasteiger partial charge is 0.326 e. The monoisotopic (exact) mass is 146 g/mol. The van der Waals surface area contributed by atoms with Gasteiger partial charge in [-0.25, -0.2) is 4.79 Å². The minimum atomic E-state index is -2.64. The van der Waals surface area contributed by atoms with Crippen molar-refractivity contribution in [2.75, 3.05) is 6.98 Å². The van der Waals surface area contributed by atoms with Crippen LogP contribution in [0.25, 0.3) is 0 Å².